The Hall–Kier alpha value is -1.29. The van der Waals surface area contributed by atoms with Gasteiger partial charge in [0.2, 0.25) is 5.91 Å². The first kappa shape index (κ1) is 12.8. The molecule has 0 radical (unpaired) electrons. The Bertz CT molecular complexity index is 283. The van der Waals surface area contributed by atoms with Crippen LogP contribution in [0.2, 0.25) is 0 Å². The second kappa shape index (κ2) is 7.93. The Balaban J connectivity index is 1.99. The van der Waals surface area contributed by atoms with Crippen LogP contribution in [0, 0.1) is 0 Å². The number of carbonyl (C=O) groups is 1. The molecule has 1 aromatic heterocycles. The zero-order chi connectivity index (χ0) is 11.6. The molecular formula is C12H20N2O2. The molecule has 0 saturated heterocycles. The summed E-state index contributed by atoms with van der Waals surface area (Å²) in [6.45, 7) is 4.35. The molecule has 0 bridgehead atoms. The maximum atomic E-state index is 11.4. The molecule has 0 aliphatic carbocycles. The molecule has 4 nitrogen and oxygen atoms in total. The Labute approximate surface area is 96.4 Å². The van der Waals surface area contributed by atoms with Crippen LogP contribution in [0.3, 0.4) is 0 Å². The molecule has 0 spiro atoms. The lowest BCUT2D eigenvalue weighted by molar-refractivity contribution is -0.121. The lowest BCUT2D eigenvalue weighted by Gasteiger charge is -2.04. The molecule has 0 aliphatic heterocycles. The molecule has 0 aliphatic rings. The molecule has 0 atom stereocenters. The van der Waals surface area contributed by atoms with Crippen molar-refractivity contribution in [3.8, 4) is 0 Å². The van der Waals surface area contributed by atoms with Gasteiger partial charge in [0.05, 0.1) is 12.8 Å². The summed E-state index contributed by atoms with van der Waals surface area (Å²) < 4.78 is 5.11. The molecule has 1 rings (SSSR count). The first-order chi connectivity index (χ1) is 7.83. The minimum atomic E-state index is 0.0559. The summed E-state index contributed by atoms with van der Waals surface area (Å²) in [5, 5.41) is 6.03. The van der Waals surface area contributed by atoms with Gasteiger partial charge in [-0.2, -0.15) is 0 Å². The molecule has 1 aromatic rings. The Morgan fingerprint density at radius 3 is 3.00 bits per heavy atom. The van der Waals surface area contributed by atoms with E-state index in [2.05, 4.69) is 17.6 Å². The third kappa shape index (κ3) is 5.56. The molecule has 0 fully saturated rings. The number of rotatable bonds is 8. The van der Waals surface area contributed by atoms with Crippen molar-refractivity contribution in [2.75, 3.05) is 13.1 Å². The van der Waals surface area contributed by atoms with Crippen molar-refractivity contribution in [1.29, 1.82) is 0 Å². The van der Waals surface area contributed by atoms with Gasteiger partial charge in [-0.05, 0) is 25.1 Å². The van der Waals surface area contributed by atoms with Gasteiger partial charge >= 0.3 is 0 Å². The average molecular weight is 224 g/mol. The lowest BCUT2D eigenvalue weighted by atomic mass is 10.3. The van der Waals surface area contributed by atoms with Crippen molar-refractivity contribution >= 4 is 5.91 Å². The van der Waals surface area contributed by atoms with E-state index in [0.29, 0.717) is 13.0 Å². The standard InChI is InChI=1S/C12H20N2O2/c1-2-3-7-13-8-6-12(15)14-10-11-5-4-9-16-11/h4-5,9,13H,2-3,6-8,10H2,1H3,(H,14,15). The summed E-state index contributed by atoms with van der Waals surface area (Å²) in [6, 6.07) is 3.66. The molecule has 4 heteroatoms. The number of hydrogen-bond donors (Lipinski definition) is 2. The molecule has 16 heavy (non-hydrogen) atoms. The van der Waals surface area contributed by atoms with Gasteiger partial charge in [0.25, 0.3) is 0 Å². The van der Waals surface area contributed by atoms with Gasteiger partial charge in [-0.25, -0.2) is 0 Å². The van der Waals surface area contributed by atoms with Gasteiger partial charge in [-0.1, -0.05) is 13.3 Å². The number of unbranched alkanes of at least 4 members (excludes halogenated alkanes) is 1. The van der Waals surface area contributed by atoms with Crippen LogP contribution < -0.4 is 10.6 Å². The molecule has 1 heterocycles. The topological polar surface area (TPSA) is 54.3 Å². The first-order valence-corrected chi connectivity index (χ1v) is 5.82. The van der Waals surface area contributed by atoms with Crippen LogP contribution >= 0.6 is 0 Å². The van der Waals surface area contributed by atoms with E-state index >= 15 is 0 Å². The van der Waals surface area contributed by atoms with Crippen molar-refractivity contribution in [3.63, 3.8) is 0 Å². The van der Waals surface area contributed by atoms with Crippen LogP contribution in [0.4, 0.5) is 0 Å². The average Bonchev–Trinajstić information content (AvgIpc) is 2.79. The lowest BCUT2D eigenvalue weighted by Crippen LogP contribution is -2.27. The van der Waals surface area contributed by atoms with Crippen molar-refractivity contribution in [3.05, 3.63) is 24.2 Å². The van der Waals surface area contributed by atoms with E-state index in [9.17, 15) is 4.79 Å². The zero-order valence-corrected chi connectivity index (χ0v) is 9.79. The van der Waals surface area contributed by atoms with Gasteiger partial charge in [-0.3, -0.25) is 4.79 Å². The van der Waals surface area contributed by atoms with E-state index < -0.39 is 0 Å². The van der Waals surface area contributed by atoms with Gasteiger partial charge in [0, 0.05) is 13.0 Å². The molecule has 2 N–H and O–H groups in total. The molecule has 1 amide bonds. The Kier molecular flexibility index (Phi) is 6.33. The van der Waals surface area contributed by atoms with Gasteiger partial charge in [-0.15, -0.1) is 0 Å². The quantitative estimate of drug-likeness (QED) is 0.660. The van der Waals surface area contributed by atoms with Crippen molar-refractivity contribution in [1.82, 2.24) is 10.6 Å². The maximum Gasteiger partial charge on any atom is 0.221 e. The predicted molar refractivity (Wildman–Crippen MR) is 62.9 cm³/mol. The summed E-state index contributed by atoms with van der Waals surface area (Å²) in [6.07, 6.45) is 4.46. The van der Waals surface area contributed by atoms with Crippen molar-refractivity contribution < 1.29 is 9.21 Å². The van der Waals surface area contributed by atoms with Gasteiger partial charge < -0.3 is 15.1 Å². The summed E-state index contributed by atoms with van der Waals surface area (Å²) in [5.41, 5.74) is 0. The molecular weight excluding hydrogens is 204 g/mol. The highest BCUT2D eigenvalue weighted by atomic mass is 16.3. The third-order valence-electron chi connectivity index (χ3n) is 2.28. The maximum absolute atomic E-state index is 11.4. The van der Waals surface area contributed by atoms with Gasteiger partial charge in [0.1, 0.15) is 5.76 Å². The summed E-state index contributed by atoms with van der Waals surface area (Å²) in [5.74, 6) is 0.840. The summed E-state index contributed by atoms with van der Waals surface area (Å²) >= 11 is 0. The number of amides is 1. The predicted octanol–water partition coefficient (Wildman–Crippen LogP) is 1.68. The Morgan fingerprint density at radius 2 is 2.31 bits per heavy atom. The Morgan fingerprint density at radius 1 is 1.44 bits per heavy atom. The first-order valence-electron chi connectivity index (χ1n) is 5.82. The van der Waals surface area contributed by atoms with E-state index in [1.54, 1.807) is 6.26 Å². The van der Waals surface area contributed by atoms with Crippen LogP contribution in [0.25, 0.3) is 0 Å². The van der Waals surface area contributed by atoms with Crippen LogP contribution in [0.5, 0.6) is 0 Å². The highest BCUT2D eigenvalue weighted by molar-refractivity contribution is 5.75. The van der Waals surface area contributed by atoms with E-state index in [-0.39, 0.29) is 5.91 Å². The normalized spacial score (nSPS) is 10.3. The van der Waals surface area contributed by atoms with Crippen molar-refractivity contribution in [2.24, 2.45) is 0 Å². The van der Waals surface area contributed by atoms with Gasteiger partial charge in [0.15, 0.2) is 0 Å². The van der Waals surface area contributed by atoms with Crippen molar-refractivity contribution in [2.45, 2.75) is 32.7 Å². The zero-order valence-electron chi connectivity index (χ0n) is 9.79. The summed E-state index contributed by atoms with van der Waals surface area (Å²) in [4.78, 5) is 11.4. The third-order valence-corrected chi connectivity index (χ3v) is 2.28. The SMILES string of the molecule is CCCCNCCC(=O)NCc1ccco1. The fourth-order valence-corrected chi connectivity index (χ4v) is 1.32. The molecule has 0 saturated carbocycles. The number of nitrogens with one attached hydrogen (secondary N) is 2. The fourth-order valence-electron chi connectivity index (χ4n) is 1.32. The van der Waals surface area contributed by atoms with Crippen LogP contribution in [0.1, 0.15) is 31.9 Å². The summed E-state index contributed by atoms with van der Waals surface area (Å²) in [7, 11) is 0. The van der Waals surface area contributed by atoms with Crippen LogP contribution in [-0.2, 0) is 11.3 Å². The fraction of sp³-hybridized carbons (Fsp3) is 0.583. The second-order valence-corrected chi connectivity index (χ2v) is 3.71. The monoisotopic (exact) mass is 224 g/mol. The van der Waals surface area contributed by atoms with Crippen LogP contribution in [-0.4, -0.2) is 19.0 Å². The highest BCUT2D eigenvalue weighted by Crippen LogP contribution is 1.98. The molecule has 0 aromatic carbocycles. The number of furan rings is 1. The second-order valence-electron chi connectivity index (χ2n) is 3.71. The highest BCUT2D eigenvalue weighted by Gasteiger charge is 2.01. The van der Waals surface area contributed by atoms with E-state index in [0.717, 1.165) is 25.3 Å². The number of carbonyl (C=O) groups excluding carboxylic acids is 1. The minimum absolute atomic E-state index is 0.0559. The van der Waals surface area contributed by atoms with Crippen LogP contribution in [0.15, 0.2) is 22.8 Å². The van der Waals surface area contributed by atoms with E-state index in [1.165, 1.54) is 6.42 Å². The number of hydrogen-bond acceptors (Lipinski definition) is 3. The molecule has 90 valence electrons. The van der Waals surface area contributed by atoms with E-state index in [4.69, 9.17) is 4.42 Å². The van der Waals surface area contributed by atoms with E-state index in [1.807, 2.05) is 12.1 Å². The largest absolute Gasteiger partial charge is 0.467 e. The molecule has 0 unspecified atom stereocenters. The smallest absolute Gasteiger partial charge is 0.221 e. The minimum Gasteiger partial charge on any atom is -0.467 e.